The predicted molar refractivity (Wildman–Crippen MR) is 133 cm³/mol. The Hall–Kier alpha value is -3.49. The van der Waals surface area contributed by atoms with Crippen molar-refractivity contribution in [3.8, 4) is 34.3 Å². The summed E-state index contributed by atoms with van der Waals surface area (Å²) >= 11 is 7.39. The Morgan fingerprint density at radius 3 is 2.21 bits per heavy atom. The van der Waals surface area contributed by atoms with E-state index < -0.39 is 0 Å². The number of carbonyl (C=O) groups excluding carboxylic acids is 1. The van der Waals surface area contributed by atoms with Gasteiger partial charge in [-0.25, -0.2) is 0 Å². The fraction of sp³-hybridized carbons (Fsp3) is 0.160. The van der Waals surface area contributed by atoms with Crippen LogP contribution in [-0.4, -0.2) is 47.6 Å². The van der Waals surface area contributed by atoms with E-state index in [9.17, 15) is 4.79 Å². The van der Waals surface area contributed by atoms with Gasteiger partial charge in [0.15, 0.2) is 16.8 Å². The van der Waals surface area contributed by atoms with Gasteiger partial charge in [0, 0.05) is 16.3 Å². The van der Waals surface area contributed by atoms with Gasteiger partial charge >= 0.3 is 0 Å². The van der Waals surface area contributed by atoms with E-state index >= 15 is 0 Å². The number of hydrogen-bond acceptors (Lipinski definition) is 7. The van der Waals surface area contributed by atoms with Crippen molar-refractivity contribution < 1.29 is 19.0 Å². The maximum absolute atomic E-state index is 13.1. The van der Waals surface area contributed by atoms with Crippen LogP contribution in [0.3, 0.4) is 0 Å². The third kappa shape index (κ3) is 5.03. The van der Waals surface area contributed by atoms with Gasteiger partial charge in [-0.1, -0.05) is 23.4 Å². The van der Waals surface area contributed by atoms with Gasteiger partial charge in [-0.15, -0.1) is 10.2 Å². The maximum atomic E-state index is 13.1. The highest BCUT2D eigenvalue weighted by atomic mass is 35.5. The summed E-state index contributed by atoms with van der Waals surface area (Å²) in [6.07, 6.45) is 0. The van der Waals surface area contributed by atoms with Crippen molar-refractivity contribution in [3.63, 3.8) is 0 Å². The van der Waals surface area contributed by atoms with Crippen LogP contribution >= 0.6 is 23.4 Å². The lowest BCUT2D eigenvalue weighted by molar-refractivity contribution is 0.101. The third-order valence-electron chi connectivity index (χ3n) is 5.11. The number of hydrogen-bond donors (Lipinski definition) is 0. The molecule has 34 heavy (non-hydrogen) atoms. The van der Waals surface area contributed by atoms with Gasteiger partial charge in [0.05, 0.1) is 32.6 Å². The van der Waals surface area contributed by atoms with Gasteiger partial charge in [-0.3, -0.25) is 9.36 Å². The third-order valence-corrected chi connectivity index (χ3v) is 6.29. The first-order chi connectivity index (χ1) is 16.5. The zero-order valence-electron chi connectivity index (χ0n) is 18.8. The number of nitrogens with zero attached hydrogens (tertiary/aromatic N) is 3. The molecule has 0 amide bonds. The summed E-state index contributed by atoms with van der Waals surface area (Å²) in [5, 5.41) is 9.99. The lowest BCUT2D eigenvalue weighted by Gasteiger charge is -2.12. The van der Waals surface area contributed by atoms with E-state index in [1.165, 1.54) is 18.9 Å². The molecule has 0 fully saturated rings. The largest absolute Gasteiger partial charge is 0.497 e. The Morgan fingerprint density at radius 2 is 1.56 bits per heavy atom. The number of aromatic nitrogens is 3. The molecule has 0 saturated carbocycles. The van der Waals surface area contributed by atoms with Gasteiger partial charge in [-0.05, 0) is 66.7 Å². The van der Waals surface area contributed by atoms with Crippen LogP contribution in [0.2, 0.25) is 5.02 Å². The van der Waals surface area contributed by atoms with E-state index in [2.05, 4.69) is 10.2 Å². The summed E-state index contributed by atoms with van der Waals surface area (Å²) in [7, 11) is 4.71. The van der Waals surface area contributed by atoms with Crippen LogP contribution < -0.4 is 14.2 Å². The lowest BCUT2D eigenvalue weighted by atomic mass is 10.1. The Balaban J connectivity index is 1.67. The molecule has 0 aliphatic rings. The molecule has 9 heteroatoms. The standard InChI is InChI=1S/C25H22ClN3O4S/c1-31-19-10-4-16(5-11-19)24-27-28-25(29(24)18-8-6-17(26)7-9-18)34-15-22(30)21-14-20(32-2)12-13-23(21)33-3/h4-14H,15H2,1-3H3. The smallest absolute Gasteiger partial charge is 0.196 e. The average molecular weight is 496 g/mol. The van der Waals surface area contributed by atoms with Crippen molar-refractivity contribution in [2.45, 2.75) is 5.16 Å². The number of ether oxygens (including phenoxy) is 3. The SMILES string of the molecule is COc1ccc(-c2nnc(SCC(=O)c3cc(OC)ccc3OC)n2-c2ccc(Cl)cc2)cc1. The molecule has 4 rings (SSSR count). The molecule has 0 unspecified atom stereocenters. The van der Waals surface area contributed by atoms with E-state index in [4.69, 9.17) is 25.8 Å². The van der Waals surface area contributed by atoms with Crippen LogP contribution in [0.4, 0.5) is 0 Å². The molecule has 0 spiro atoms. The van der Waals surface area contributed by atoms with Crippen molar-refractivity contribution in [1.29, 1.82) is 0 Å². The van der Waals surface area contributed by atoms with Gasteiger partial charge in [0.25, 0.3) is 0 Å². The van der Waals surface area contributed by atoms with Crippen molar-refractivity contribution in [2.24, 2.45) is 0 Å². The first kappa shape index (κ1) is 23.7. The Morgan fingerprint density at radius 1 is 0.882 bits per heavy atom. The number of thioether (sulfide) groups is 1. The van der Waals surface area contributed by atoms with Crippen molar-refractivity contribution in [2.75, 3.05) is 27.1 Å². The molecule has 0 radical (unpaired) electrons. The second-order valence-electron chi connectivity index (χ2n) is 7.12. The van der Waals surface area contributed by atoms with Gasteiger partial charge in [-0.2, -0.15) is 0 Å². The molecule has 174 valence electrons. The topological polar surface area (TPSA) is 75.5 Å². The van der Waals surface area contributed by atoms with Crippen molar-refractivity contribution in [1.82, 2.24) is 14.8 Å². The van der Waals surface area contributed by atoms with Gasteiger partial charge < -0.3 is 14.2 Å². The van der Waals surface area contributed by atoms with E-state index in [0.717, 1.165) is 17.0 Å². The molecular weight excluding hydrogens is 474 g/mol. The number of ketones is 1. The van der Waals surface area contributed by atoms with Crippen LogP contribution in [0.1, 0.15) is 10.4 Å². The molecule has 4 aromatic rings. The van der Waals surface area contributed by atoms with Crippen molar-refractivity contribution in [3.05, 3.63) is 77.3 Å². The first-order valence-corrected chi connectivity index (χ1v) is 11.6. The second-order valence-corrected chi connectivity index (χ2v) is 8.50. The molecule has 7 nitrogen and oxygen atoms in total. The van der Waals surface area contributed by atoms with Crippen LogP contribution in [0.5, 0.6) is 17.2 Å². The van der Waals surface area contributed by atoms with E-state index in [1.807, 2.05) is 41.0 Å². The fourth-order valence-corrected chi connectivity index (χ4v) is 4.31. The predicted octanol–water partition coefficient (Wildman–Crippen LogP) is 5.59. The summed E-state index contributed by atoms with van der Waals surface area (Å²) in [6.45, 7) is 0. The highest BCUT2D eigenvalue weighted by Crippen LogP contribution is 2.31. The molecule has 0 saturated heterocycles. The Kier molecular flexibility index (Phi) is 7.40. The molecular formula is C25H22ClN3O4S. The van der Waals surface area contributed by atoms with Crippen molar-refractivity contribution >= 4 is 29.1 Å². The number of methoxy groups -OCH3 is 3. The van der Waals surface area contributed by atoms with E-state index in [1.54, 1.807) is 44.6 Å². The number of carbonyl (C=O) groups is 1. The summed E-state index contributed by atoms with van der Waals surface area (Å²) < 4.78 is 17.8. The van der Waals surface area contributed by atoms with Crippen LogP contribution in [0.15, 0.2) is 71.9 Å². The van der Waals surface area contributed by atoms with Crippen LogP contribution in [0.25, 0.3) is 17.1 Å². The first-order valence-electron chi connectivity index (χ1n) is 10.3. The maximum Gasteiger partial charge on any atom is 0.196 e. The minimum Gasteiger partial charge on any atom is -0.497 e. The normalized spacial score (nSPS) is 10.7. The Labute approximate surface area is 206 Å². The quantitative estimate of drug-likeness (QED) is 0.221. The molecule has 3 aromatic carbocycles. The van der Waals surface area contributed by atoms with Gasteiger partial charge in [0.2, 0.25) is 0 Å². The highest BCUT2D eigenvalue weighted by Gasteiger charge is 2.20. The zero-order chi connectivity index (χ0) is 24.1. The van der Waals surface area contributed by atoms with E-state index in [0.29, 0.717) is 33.1 Å². The molecule has 0 N–H and O–H groups in total. The second kappa shape index (κ2) is 10.6. The lowest BCUT2D eigenvalue weighted by Crippen LogP contribution is -2.07. The van der Waals surface area contributed by atoms with E-state index in [-0.39, 0.29) is 11.5 Å². The Bertz CT molecular complexity index is 1290. The number of halogens is 1. The fourth-order valence-electron chi connectivity index (χ4n) is 3.35. The molecule has 0 aliphatic carbocycles. The number of benzene rings is 3. The molecule has 0 bridgehead atoms. The van der Waals surface area contributed by atoms with Crippen LogP contribution in [0, 0.1) is 0 Å². The summed E-state index contributed by atoms with van der Waals surface area (Å²) in [5.41, 5.74) is 2.13. The molecule has 0 aliphatic heterocycles. The van der Waals surface area contributed by atoms with Crippen LogP contribution in [-0.2, 0) is 0 Å². The summed E-state index contributed by atoms with van der Waals surface area (Å²) in [6, 6.07) is 20.1. The molecule has 1 heterocycles. The average Bonchev–Trinajstić information content (AvgIpc) is 3.31. The summed E-state index contributed by atoms with van der Waals surface area (Å²) in [4.78, 5) is 13.1. The van der Waals surface area contributed by atoms with Gasteiger partial charge in [0.1, 0.15) is 17.2 Å². The number of rotatable bonds is 9. The minimum atomic E-state index is -0.114. The number of Topliss-reactive ketones (excluding diaryl/α,β-unsaturated/α-hetero) is 1. The highest BCUT2D eigenvalue weighted by molar-refractivity contribution is 7.99. The molecule has 0 atom stereocenters. The monoisotopic (exact) mass is 495 g/mol. The summed E-state index contributed by atoms with van der Waals surface area (Å²) in [5.74, 6) is 2.48. The zero-order valence-corrected chi connectivity index (χ0v) is 20.4. The minimum absolute atomic E-state index is 0.114. The molecule has 1 aromatic heterocycles.